The smallest absolute Gasteiger partial charge is 0.251 e. The van der Waals surface area contributed by atoms with Crippen LogP contribution in [0.3, 0.4) is 0 Å². The molecule has 1 atom stereocenters. The molecule has 0 bridgehead atoms. The standard InChI is InChI=1S/C10H14N2O2S/c1-2-7-12-10(13)8-3-5-9(6-4-8)15(11)14/h3-6H,2,7,11H2,1H3,(H,12,13). The first-order chi connectivity index (χ1) is 7.15. The lowest BCUT2D eigenvalue weighted by Gasteiger charge is -2.03. The van der Waals surface area contributed by atoms with Crippen LogP contribution in [0.4, 0.5) is 0 Å². The SMILES string of the molecule is CCCNC(=O)c1ccc(S(N)=O)cc1. The number of carbonyl (C=O) groups excluding carboxylic acids is 1. The van der Waals surface area contributed by atoms with E-state index in [9.17, 15) is 9.00 Å². The third kappa shape index (κ3) is 3.45. The first-order valence-electron chi connectivity index (χ1n) is 4.69. The Morgan fingerprint density at radius 1 is 1.40 bits per heavy atom. The molecule has 0 aliphatic heterocycles. The van der Waals surface area contributed by atoms with Crippen LogP contribution in [0, 0.1) is 0 Å². The van der Waals surface area contributed by atoms with Crippen molar-refractivity contribution >= 4 is 16.9 Å². The minimum absolute atomic E-state index is 0.119. The molecule has 0 saturated heterocycles. The van der Waals surface area contributed by atoms with E-state index in [1.54, 1.807) is 24.3 Å². The number of hydrogen-bond acceptors (Lipinski definition) is 2. The number of nitrogens with one attached hydrogen (secondary N) is 1. The number of amides is 1. The van der Waals surface area contributed by atoms with Gasteiger partial charge in [0.05, 0.1) is 4.90 Å². The highest BCUT2D eigenvalue weighted by atomic mass is 32.2. The minimum Gasteiger partial charge on any atom is -0.352 e. The predicted octanol–water partition coefficient (Wildman–Crippen LogP) is 0.808. The molecule has 1 unspecified atom stereocenters. The number of benzene rings is 1. The molecule has 1 aromatic carbocycles. The molecule has 0 spiro atoms. The Kier molecular flexibility index (Phi) is 4.45. The second-order valence-corrected chi connectivity index (χ2v) is 4.14. The highest BCUT2D eigenvalue weighted by Gasteiger charge is 2.04. The summed E-state index contributed by atoms with van der Waals surface area (Å²) >= 11 is 0. The number of rotatable bonds is 4. The molecule has 1 aromatic rings. The van der Waals surface area contributed by atoms with Gasteiger partial charge < -0.3 is 5.32 Å². The topological polar surface area (TPSA) is 72.2 Å². The zero-order valence-corrected chi connectivity index (χ0v) is 9.34. The second-order valence-electron chi connectivity index (χ2n) is 3.08. The average molecular weight is 226 g/mol. The Hall–Kier alpha value is -1.20. The van der Waals surface area contributed by atoms with Crippen molar-refractivity contribution in [1.82, 2.24) is 5.32 Å². The van der Waals surface area contributed by atoms with Crippen molar-refractivity contribution in [2.75, 3.05) is 6.54 Å². The Morgan fingerprint density at radius 3 is 2.47 bits per heavy atom. The summed E-state index contributed by atoms with van der Waals surface area (Å²) in [5, 5.41) is 7.94. The van der Waals surface area contributed by atoms with Gasteiger partial charge in [0.1, 0.15) is 11.0 Å². The molecule has 5 heteroatoms. The summed E-state index contributed by atoms with van der Waals surface area (Å²) in [5.74, 6) is -0.119. The molecule has 4 nitrogen and oxygen atoms in total. The fraction of sp³-hybridized carbons (Fsp3) is 0.300. The molecule has 0 fully saturated rings. The van der Waals surface area contributed by atoms with Gasteiger partial charge in [-0.15, -0.1) is 0 Å². The van der Waals surface area contributed by atoms with E-state index in [1.807, 2.05) is 6.92 Å². The fourth-order valence-corrected chi connectivity index (χ4v) is 1.49. The van der Waals surface area contributed by atoms with Gasteiger partial charge in [-0.3, -0.25) is 4.79 Å². The van der Waals surface area contributed by atoms with Crippen molar-refractivity contribution in [3.05, 3.63) is 29.8 Å². The van der Waals surface area contributed by atoms with E-state index in [2.05, 4.69) is 5.32 Å². The van der Waals surface area contributed by atoms with E-state index >= 15 is 0 Å². The van der Waals surface area contributed by atoms with Gasteiger partial charge in [-0.1, -0.05) is 6.92 Å². The maximum absolute atomic E-state index is 11.5. The third-order valence-electron chi connectivity index (χ3n) is 1.88. The number of carbonyl (C=O) groups is 1. The lowest BCUT2D eigenvalue weighted by atomic mass is 10.2. The summed E-state index contributed by atoms with van der Waals surface area (Å²) in [7, 11) is -1.49. The maximum Gasteiger partial charge on any atom is 0.251 e. The van der Waals surface area contributed by atoms with E-state index in [0.717, 1.165) is 6.42 Å². The van der Waals surface area contributed by atoms with E-state index in [-0.39, 0.29) is 5.91 Å². The van der Waals surface area contributed by atoms with Gasteiger partial charge in [0.25, 0.3) is 5.91 Å². The summed E-state index contributed by atoms with van der Waals surface area (Å²) in [6.07, 6.45) is 0.899. The first-order valence-corrected chi connectivity index (χ1v) is 5.91. The van der Waals surface area contributed by atoms with Gasteiger partial charge in [0, 0.05) is 12.1 Å². The van der Waals surface area contributed by atoms with Crippen LogP contribution in [0.5, 0.6) is 0 Å². The Morgan fingerprint density at radius 2 is 2.00 bits per heavy atom. The van der Waals surface area contributed by atoms with Crippen LogP contribution < -0.4 is 10.5 Å². The van der Waals surface area contributed by atoms with Crippen molar-refractivity contribution in [3.63, 3.8) is 0 Å². The lowest BCUT2D eigenvalue weighted by Crippen LogP contribution is -2.23. The average Bonchev–Trinajstić information content (AvgIpc) is 2.26. The maximum atomic E-state index is 11.5. The van der Waals surface area contributed by atoms with E-state index in [1.165, 1.54) is 0 Å². The summed E-state index contributed by atoms with van der Waals surface area (Å²) in [6, 6.07) is 6.42. The summed E-state index contributed by atoms with van der Waals surface area (Å²) in [5.41, 5.74) is 0.553. The van der Waals surface area contributed by atoms with Crippen LogP contribution in [0.2, 0.25) is 0 Å². The summed E-state index contributed by atoms with van der Waals surface area (Å²) < 4.78 is 10.9. The highest BCUT2D eigenvalue weighted by molar-refractivity contribution is 7.82. The van der Waals surface area contributed by atoms with Gasteiger partial charge in [-0.2, -0.15) is 0 Å². The largest absolute Gasteiger partial charge is 0.352 e. The van der Waals surface area contributed by atoms with Crippen molar-refractivity contribution in [2.24, 2.45) is 5.14 Å². The lowest BCUT2D eigenvalue weighted by molar-refractivity contribution is 0.0953. The van der Waals surface area contributed by atoms with E-state index in [4.69, 9.17) is 5.14 Å². The normalized spacial score (nSPS) is 12.1. The zero-order valence-electron chi connectivity index (χ0n) is 8.53. The molecular weight excluding hydrogens is 212 g/mol. The van der Waals surface area contributed by atoms with Crippen LogP contribution in [0.15, 0.2) is 29.2 Å². The van der Waals surface area contributed by atoms with Crippen molar-refractivity contribution < 1.29 is 9.00 Å². The van der Waals surface area contributed by atoms with Crippen LogP contribution in [-0.4, -0.2) is 16.7 Å². The molecule has 0 heterocycles. The van der Waals surface area contributed by atoms with E-state index in [0.29, 0.717) is 17.0 Å². The van der Waals surface area contributed by atoms with Gasteiger partial charge >= 0.3 is 0 Å². The molecule has 0 radical (unpaired) electrons. The summed E-state index contributed by atoms with van der Waals surface area (Å²) in [6.45, 7) is 2.64. The Bertz CT molecular complexity index is 362. The molecule has 15 heavy (non-hydrogen) atoms. The first kappa shape index (κ1) is 11.9. The van der Waals surface area contributed by atoms with Crippen molar-refractivity contribution in [1.29, 1.82) is 0 Å². The third-order valence-corrected chi connectivity index (χ3v) is 2.62. The Balaban J connectivity index is 2.71. The van der Waals surface area contributed by atoms with Gasteiger partial charge in [0.2, 0.25) is 0 Å². The van der Waals surface area contributed by atoms with E-state index < -0.39 is 11.0 Å². The van der Waals surface area contributed by atoms with Gasteiger partial charge in [-0.25, -0.2) is 9.35 Å². The van der Waals surface area contributed by atoms with Crippen LogP contribution in [0.1, 0.15) is 23.7 Å². The fourth-order valence-electron chi connectivity index (χ4n) is 1.08. The quantitative estimate of drug-likeness (QED) is 0.797. The minimum atomic E-state index is -1.49. The van der Waals surface area contributed by atoms with Crippen LogP contribution >= 0.6 is 0 Å². The van der Waals surface area contributed by atoms with Crippen LogP contribution in [-0.2, 0) is 11.0 Å². The second kappa shape index (κ2) is 5.63. The molecule has 0 aromatic heterocycles. The molecule has 1 rings (SSSR count). The van der Waals surface area contributed by atoms with Crippen molar-refractivity contribution in [3.8, 4) is 0 Å². The van der Waals surface area contributed by atoms with Gasteiger partial charge in [0.15, 0.2) is 0 Å². The summed E-state index contributed by atoms with van der Waals surface area (Å²) in [4.78, 5) is 12.0. The Labute approximate surface area is 91.5 Å². The molecule has 0 saturated carbocycles. The predicted molar refractivity (Wildman–Crippen MR) is 59.7 cm³/mol. The molecule has 1 amide bonds. The number of nitrogens with two attached hydrogens (primary N) is 1. The molecule has 82 valence electrons. The van der Waals surface area contributed by atoms with Crippen LogP contribution in [0.25, 0.3) is 0 Å². The van der Waals surface area contributed by atoms with Gasteiger partial charge in [-0.05, 0) is 30.7 Å². The zero-order chi connectivity index (χ0) is 11.3. The monoisotopic (exact) mass is 226 g/mol. The van der Waals surface area contributed by atoms with Crippen molar-refractivity contribution in [2.45, 2.75) is 18.2 Å². The molecule has 3 N–H and O–H groups in total. The number of hydrogen-bond donors (Lipinski definition) is 2. The molecule has 0 aliphatic carbocycles. The molecule has 0 aliphatic rings. The molecular formula is C10H14N2O2S. The highest BCUT2D eigenvalue weighted by Crippen LogP contribution is 2.06.